The van der Waals surface area contributed by atoms with E-state index >= 15 is 0 Å². The zero-order chi connectivity index (χ0) is 18.3. The zero-order valence-corrected chi connectivity index (χ0v) is 17.0. The average molecular weight is 450 g/mol. The maximum absolute atomic E-state index is 13.0. The Morgan fingerprint density at radius 3 is 3.00 bits per heavy atom. The molecule has 0 aliphatic carbocycles. The predicted molar refractivity (Wildman–Crippen MR) is 109 cm³/mol. The van der Waals surface area contributed by atoms with E-state index in [0.717, 1.165) is 32.6 Å². The Morgan fingerprint density at radius 2 is 2.19 bits per heavy atom. The van der Waals surface area contributed by atoms with Crippen LogP contribution in [0.1, 0.15) is 15.2 Å². The summed E-state index contributed by atoms with van der Waals surface area (Å²) in [5, 5.41) is 0.498. The van der Waals surface area contributed by atoms with Crippen LogP contribution in [0.3, 0.4) is 0 Å². The topological polar surface area (TPSA) is 42.4 Å². The summed E-state index contributed by atoms with van der Waals surface area (Å²) < 4.78 is 6.83. The normalized spacial score (nSPS) is 12.6. The number of carbonyl (C=O) groups is 1. The monoisotopic (exact) mass is 448 g/mol. The first-order valence-electron chi connectivity index (χ1n) is 7.97. The van der Waals surface area contributed by atoms with Gasteiger partial charge in [0.15, 0.2) is 0 Å². The van der Waals surface area contributed by atoms with E-state index in [-0.39, 0.29) is 5.91 Å². The maximum atomic E-state index is 13.0. The number of nitrogens with zero attached hydrogens (tertiary/aromatic N) is 2. The van der Waals surface area contributed by atoms with Gasteiger partial charge in [0.05, 0.1) is 28.4 Å². The van der Waals surface area contributed by atoms with Gasteiger partial charge in [-0.15, -0.1) is 11.3 Å². The van der Waals surface area contributed by atoms with Gasteiger partial charge in [0.1, 0.15) is 5.75 Å². The van der Waals surface area contributed by atoms with Crippen LogP contribution in [-0.2, 0) is 6.42 Å². The lowest BCUT2D eigenvalue weighted by Gasteiger charge is -2.17. The van der Waals surface area contributed by atoms with Crippen molar-refractivity contribution in [2.24, 2.45) is 0 Å². The SMILES string of the molecule is CN(C(=O)c1cc2c(s1)-c1ccc(Br)cc1OCC2)c1cnccc1Cl. The molecule has 132 valence electrons. The van der Waals surface area contributed by atoms with Crippen molar-refractivity contribution in [3.8, 4) is 16.2 Å². The molecule has 1 aromatic carbocycles. The molecule has 4 nitrogen and oxygen atoms in total. The smallest absolute Gasteiger partial charge is 0.268 e. The Hall–Kier alpha value is -1.89. The van der Waals surface area contributed by atoms with Gasteiger partial charge < -0.3 is 9.64 Å². The second kappa shape index (κ2) is 7.02. The fraction of sp³-hybridized carbons (Fsp3) is 0.158. The Balaban J connectivity index is 1.73. The second-order valence-corrected chi connectivity index (χ2v) is 8.27. The number of benzene rings is 1. The summed E-state index contributed by atoms with van der Waals surface area (Å²) in [7, 11) is 1.71. The van der Waals surface area contributed by atoms with Crippen molar-refractivity contribution in [1.82, 2.24) is 4.98 Å². The summed E-state index contributed by atoms with van der Waals surface area (Å²) in [5.41, 5.74) is 2.74. The molecule has 0 spiro atoms. The summed E-state index contributed by atoms with van der Waals surface area (Å²) in [5.74, 6) is 0.736. The molecule has 3 heterocycles. The lowest BCUT2D eigenvalue weighted by Crippen LogP contribution is -2.25. The number of hydrogen-bond acceptors (Lipinski definition) is 4. The number of carbonyl (C=O) groups excluding carboxylic acids is 1. The van der Waals surface area contributed by atoms with Gasteiger partial charge in [-0.3, -0.25) is 9.78 Å². The van der Waals surface area contributed by atoms with Crippen molar-refractivity contribution < 1.29 is 9.53 Å². The first kappa shape index (κ1) is 17.5. The van der Waals surface area contributed by atoms with E-state index in [1.165, 1.54) is 11.3 Å². The molecule has 1 amide bonds. The Kier molecular flexibility index (Phi) is 4.73. The molecule has 7 heteroatoms. The second-order valence-electron chi connectivity index (χ2n) is 5.90. The molecule has 0 saturated heterocycles. The number of anilines is 1. The van der Waals surface area contributed by atoms with Crippen molar-refractivity contribution in [2.75, 3.05) is 18.6 Å². The van der Waals surface area contributed by atoms with Crippen LogP contribution in [0, 0.1) is 0 Å². The quantitative estimate of drug-likeness (QED) is 0.523. The molecule has 2 aromatic heterocycles. The largest absolute Gasteiger partial charge is 0.493 e. The van der Waals surface area contributed by atoms with E-state index in [0.29, 0.717) is 22.2 Å². The number of hydrogen-bond donors (Lipinski definition) is 0. The van der Waals surface area contributed by atoms with Crippen molar-refractivity contribution in [1.29, 1.82) is 0 Å². The zero-order valence-electron chi connectivity index (χ0n) is 13.8. The van der Waals surface area contributed by atoms with Crippen LogP contribution in [-0.4, -0.2) is 24.5 Å². The molecule has 0 fully saturated rings. The molecule has 1 aliphatic heterocycles. The highest BCUT2D eigenvalue weighted by Gasteiger charge is 2.24. The highest BCUT2D eigenvalue weighted by Crippen LogP contribution is 2.42. The Bertz CT molecular complexity index is 1000. The van der Waals surface area contributed by atoms with Gasteiger partial charge in [-0.2, -0.15) is 0 Å². The van der Waals surface area contributed by atoms with Crippen LogP contribution >= 0.6 is 38.9 Å². The highest BCUT2D eigenvalue weighted by atomic mass is 79.9. The van der Waals surface area contributed by atoms with E-state index in [9.17, 15) is 4.79 Å². The minimum Gasteiger partial charge on any atom is -0.493 e. The number of amides is 1. The molecule has 0 saturated carbocycles. The maximum Gasteiger partial charge on any atom is 0.268 e. The van der Waals surface area contributed by atoms with Crippen LogP contribution in [0.5, 0.6) is 5.75 Å². The number of rotatable bonds is 2. The van der Waals surface area contributed by atoms with Gasteiger partial charge in [-0.25, -0.2) is 0 Å². The van der Waals surface area contributed by atoms with Crippen LogP contribution in [0.25, 0.3) is 10.4 Å². The lowest BCUT2D eigenvalue weighted by molar-refractivity contribution is 0.0996. The third kappa shape index (κ3) is 3.13. The molecular weight excluding hydrogens is 436 g/mol. The fourth-order valence-corrected chi connectivity index (χ4v) is 4.70. The first-order valence-corrected chi connectivity index (χ1v) is 9.96. The number of thiophene rings is 1. The minimum absolute atomic E-state index is 0.0995. The first-order chi connectivity index (χ1) is 12.5. The van der Waals surface area contributed by atoms with E-state index in [1.54, 1.807) is 30.4 Å². The molecular formula is C19H14BrClN2O2S. The Labute approximate surface area is 168 Å². The van der Waals surface area contributed by atoms with E-state index < -0.39 is 0 Å². The summed E-state index contributed by atoms with van der Waals surface area (Å²) >= 11 is 11.2. The lowest BCUT2D eigenvalue weighted by atomic mass is 10.1. The van der Waals surface area contributed by atoms with Crippen LogP contribution < -0.4 is 9.64 Å². The van der Waals surface area contributed by atoms with Gasteiger partial charge >= 0.3 is 0 Å². The van der Waals surface area contributed by atoms with Crippen molar-refractivity contribution in [3.05, 3.63) is 62.7 Å². The summed E-state index contributed by atoms with van der Waals surface area (Å²) in [6.07, 6.45) is 3.97. The third-order valence-electron chi connectivity index (χ3n) is 4.25. The molecule has 0 radical (unpaired) electrons. The van der Waals surface area contributed by atoms with Crippen molar-refractivity contribution in [3.63, 3.8) is 0 Å². The molecule has 1 aliphatic rings. The number of aromatic nitrogens is 1. The minimum atomic E-state index is -0.0995. The molecule has 0 unspecified atom stereocenters. The van der Waals surface area contributed by atoms with Crippen molar-refractivity contribution >= 4 is 50.5 Å². The Morgan fingerprint density at radius 1 is 1.35 bits per heavy atom. The number of pyridine rings is 1. The molecule has 4 rings (SSSR count). The molecule has 0 N–H and O–H groups in total. The number of ether oxygens (including phenoxy) is 1. The molecule has 0 bridgehead atoms. The highest BCUT2D eigenvalue weighted by molar-refractivity contribution is 9.10. The van der Waals surface area contributed by atoms with Gasteiger partial charge in [0, 0.05) is 34.6 Å². The summed E-state index contributed by atoms with van der Waals surface area (Å²) in [6.45, 7) is 0.588. The van der Waals surface area contributed by atoms with Gasteiger partial charge in [-0.05, 0) is 35.9 Å². The predicted octanol–water partition coefficient (Wildman–Crippen LogP) is 5.44. The summed E-state index contributed by atoms with van der Waals surface area (Å²) in [4.78, 5) is 20.3. The molecule has 0 atom stereocenters. The molecule has 26 heavy (non-hydrogen) atoms. The average Bonchev–Trinajstić information content (AvgIpc) is 2.98. The summed E-state index contributed by atoms with van der Waals surface area (Å²) in [6, 6.07) is 9.61. The van der Waals surface area contributed by atoms with E-state index in [1.807, 2.05) is 24.3 Å². The third-order valence-corrected chi connectivity index (χ3v) is 6.26. The number of halogens is 2. The van der Waals surface area contributed by atoms with Crippen LogP contribution in [0.2, 0.25) is 5.02 Å². The van der Waals surface area contributed by atoms with E-state index in [4.69, 9.17) is 16.3 Å². The fourth-order valence-electron chi connectivity index (χ4n) is 2.91. The van der Waals surface area contributed by atoms with Gasteiger partial charge in [0.2, 0.25) is 0 Å². The van der Waals surface area contributed by atoms with Gasteiger partial charge in [0.25, 0.3) is 5.91 Å². The van der Waals surface area contributed by atoms with Crippen molar-refractivity contribution in [2.45, 2.75) is 6.42 Å². The number of fused-ring (bicyclic) bond motifs is 3. The molecule has 3 aromatic rings. The standard InChI is InChI=1S/C19H14BrClN2O2S/c1-23(15-10-22-6-4-14(15)21)19(24)17-8-11-5-7-25-16-9-12(20)2-3-13(16)18(11)26-17/h2-4,6,8-10H,5,7H2,1H3. The van der Waals surface area contributed by atoms with Gasteiger partial charge in [-0.1, -0.05) is 27.5 Å². The van der Waals surface area contributed by atoms with E-state index in [2.05, 4.69) is 20.9 Å². The van der Waals surface area contributed by atoms with Crippen LogP contribution in [0.15, 0.2) is 47.2 Å². The van der Waals surface area contributed by atoms with Crippen LogP contribution in [0.4, 0.5) is 5.69 Å².